The smallest absolute Gasteiger partial charge is 0.164 e. The highest BCUT2D eigenvalue weighted by molar-refractivity contribution is 9.10. The van der Waals surface area contributed by atoms with Crippen molar-refractivity contribution in [2.45, 2.75) is 6.42 Å². The number of fused-ring (bicyclic) bond motifs is 1. The molecule has 0 fully saturated rings. The van der Waals surface area contributed by atoms with Crippen LogP contribution in [0.3, 0.4) is 0 Å². The Morgan fingerprint density at radius 3 is 2.52 bits per heavy atom. The van der Waals surface area contributed by atoms with Crippen LogP contribution in [-0.4, -0.2) is 20.4 Å². The largest absolute Gasteiger partial charge is 0.280 e. The molecular weight excluding hydrogens is 364 g/mol. The lowest BCUT2D eigenvalue weighted by Crippen LogP contribution is -2.04. The van der Waals surface area contributed by atoms with Crippen LogP contribution in [0.4, 0.5) is 8.78 Å². The minimum absolute atomic E-state index is 0.338. The Labute approximate surface area is 132 Å². The summed E-state index contributed by atoms with van der Waals surface area (Å²) in [5.74, 6) is -0.348. The molecule has 2 aromatic heterocycles. The summed E-state index contributed by atoms with van der Waals surface area (Å²) < 4.78 is 29.3. The maximum Gasteiger partial charge on any atom is 0.164 e. The summed E-state index contributed by atoms with van der Waals surface area (Å²) in [6.45, 7) is 0. The minimum atomic E-state index is -0.652. The fourth-order valence-corrected chi connectivity index (χ4v) is 2.67. The Bertz CT molecular complexity index is 799. The van der Waals surface area contributed by atoms with Crippen molar-refractivity contribution < 1.29 is 8.78 Å². The SMILES string of the molecule is Fc1cc(F)cc(-n2c(CCCl)nc3cc(Br)cnc32)c1. The normalized spacial score (nSPS) is 11.2. The first kappa shape index (κ1) is 14.4. The first-order valence-corrected chi connectivity index (χ1v) is 7.46. The van der Waals surface area contributed by atoms with Gasteiger partial charge >= 0.3 is 0 Å². The summed E-state index contributed by atoms with van der Waals surface area (Å²) in [5.41, 5.74) is 1.50. The van der Waals surface area contributed by atoms with E-state index in [-0.39, 0.29) is 0 Å². The molecule has 0 saturated heterocycles. The van der Waals surface area contributed by atoms with Crippen molar-refractivity contribution in [1.82, 2.24) is 14.5 Å². The van der Waals surface area contributed by atoms with Crippen molar-refractivity contribution in [1.29, 1.82) is 0 Å². The molecule has 0 N–H and O–H groups in total. The quantitative estimate of drug-likeness (QED) is 0.644. The van der Waals surface area contributed by atoms with Crippen LogP contribution in [0, 0.1) is 11.6 Å². The number of imidazole rings is 1. The van der Waals surface area contributed by atoms with Gasteiger partial charge in [0, 0.05) is 29.0 Å². The maximum atomic E-state index is 13.5. The van der Waals surface area contributed by atoms with Gasteiger partial charge in [-0.2, -0.15) is 0 Å². The molecule has 0 unspecified atom stereocenters. The number of alkyl halides is 1. The average Bonchev–Trinajstić information content (AvgIpc) is 2.75. The third kappa shape index (κ3) is 2.78. The maximum absolute atomic E-state index is 13.5. The van der Waals surface area contributed by atoms with Crippen molar-refractivity contribution >= 4 is 38.7 Å². The summed E-state index contributed by atoms with van der Waals surface area (Å²) >= 11 is 9.11. The highest BCUT2D eigenvalue weighted by Crippen LogP contribution is 2.24. The van der Waals surface area contributed by atoms with E-state index in [0.29, 0.717) is 35.0 Å². The van der Waals surface area contributed by atoms with Crippen molar-refractivity contribution in [2.24, 2.45) is 0 Å². The standard InChI is InChI=1S/C14H9BrClF2N3/c15-8-3-12-14(19-7-8)21(13(20-12)1-2-16)11-5-9(17)4-10(18)6-11/h3-7H,1-2H2. The van der Waals surface area contributed by atoms with Crippen molar-refractivity contribution in [3.63, 3.8) is 0 Å². The fourth-order valence-electron chi connectivity index (χ4n) is 2.18. The summed E-state index contributed by atoms with van der Waals surface area (Å²) in [4.78, 5) is 8.73. The van der Waals surface area contributed by atoms with Gasteiger partial charge in [0.2, 0.25) is 0 Å². The number of benzene rings is 1. The monoisotopic (exact) mass is 371 g/mol. The molecule has 0 amide bonds. The molecule has 3 aromatic rings. The Balaban J connectivity index is 2.30. The molecule has 0 radical (unpaired) electrons. The van der Waals surface area contributed by atoms with Crippen LogP contribution in [0.2, 0.25) is 0 Å². The first-order valence-electron chi connectivity index (χ1n) is 6.14. The highest BCUT2D eigenvalue weighted by atomic mass is 79.9. The van der Waals surface area contributed by atoms with E-state index in [1.807, 2.05) is 0 Å². The van der Waals surface area contributed by atoms with Gasteiger partial charge in [0.05, 0.1) is 5.69 Å². The molecule has 3 rings (SSSR count). The lowest BCUT2D eigenvalue weighted by atomic mass is 10.3. The molecule has 0 aliphatic heterocycles. The summed E-state index contributed by atoms with van der Waals surface area (Å²) in [5, 5.41) is 0. The van der Waals surface area contributed by atoms with E-state index >= 15 is 0 Å². The van der Waals surface area contributed by atoms with Gasteiger partial charge in [-0.3, -0.25) is 4.57 Å². The Hall–Kier alpha value is -1.53. The molecule has 3 nitrogen and oxygen atoms in total. The van der Waals surface area contributed by atoms with Gasteiger partial charge in [0.15, 0.2) is 5.65 Å². The van der Waals surface area contributed by atoms with Gasteiger partial charge in [0.1, 0.15) is 23.0 Å². The van der Waals surface area contributed by atoms with Gasteiger partial charge in [-0.05, 0) is 34.1 Å². The minimum Gasteiger partial charge on any atom is -0.280 e. The zero-order valence-corrected chi connectivity index (χ0v) is 13.0. The molecule has 0 atom stereocenters. The van der Waals surface area contributed by atoms with Gasteiger partial charge in [-0.1, -0.05) is 0 Å². The zero-order chi connectivity index (χ0) is 15.0. The van der Waals surface area contributed by atoms with Gasteiger partial charge < -0.3 is 0 Å². The second-order valence-corrected chi connectivity index (χ2v) is 5.72. The van der Waals surface area contributed by atoms with E-state index in [1.165, 1.54) is 12.1 Å². The summed E-state index contributed by atoms with van der Waals surface area (Å²) in [6, 6.07) is 5.11. The number of aryl methyl sites for hydroxylation is 1. The predicted molar refractivity (Wildman–Crippen MR) is 80.9 cm³/mol. The second-order valence-electron chi connectivity index (χ2n) is 4.43. The Morgan fingerprint density at radius 1 is 1.14 bits per heavy atom. The molecule has 0 bridgehead atoms. The summed E-state index contributed by atoms with van der Waals surface area (Å²) in [7, 11) is 0. The summed E-state index contributed by atoms with van der Waals surface area (Å²) in [6.07, 6.45) is 2.08. The molecule has 0 saturated carbocycles. The number of nitrogens with zero attached hydrogens (tertiary/aromatic N) is 3. The highest BCUT2D eigenvalue weighted by Gasteiger charge is 2.15. The number of hydrogen-bond acceptors (Lipinski definition) is 2. The van der Waals surface area contributed by atoms with E-state index < -0.39 is 11.6 Å². The van der Waals surface area contributed by atoms with Gasteiger partial charge in [0.25, 0.3) is 0 Å². The predicted octanol–water partition coefficient (Wildman–Crippen LogP) is 4.24. The molecule has 21 heavy (non-hydrogen) atoms. The second kappa shape index (κ2) is 5.69. The molecule has 7 heteroatoms. The van der Waals surface area contributed by atoms with Crippen molar-refractivity contribution in [3.05, 3.63) is 52.4 Å². The molecule has 0 aliphatic rings. The topological polar surface area (TPSA) is 30.7 Å². The van der Waals surface area contributed by atoms with E-state index in [1.54, 1.807) is 16.8 Å². The van der Waals surface area contributed by atoms with E-state index in [4.69, 9.17) is 11.6 Å². The first-order chi connectivity index (χ1) is 10.1. The number of pyridine rings is 1. The fraction of sp³-hybridized carbons (Fsp3) is 0.143. The van der Waals surface area contributed by atoms with Crippen LogP contribution in [0.15, 0.2) is 34.9 Å². The number of hydrogen-bond donors (Lipinski definition) is 0. The molecule has 0 spiro atoms. The molecule has 108 valence electrons. The van der Waals surface area contributed by atoms with E-state index in [2.05, 4.69) is 25.9 Å². The lowest BCUT2D eigenvalue weighted by Gasteiger charge is -2.08. The number of aromatic nitrogens is 3. The van der Waals surface area contributed by atoms with E-state index in [9.17, 15) is 8.78 Å². The van der Waals surface area contributed by atoms with Crippen molar-refractivity contribution in [2.75, 3.05) is 5.88 Å². The van der Waals surface area contributed by atoms with Crippen LogP contribution in [0.1, 0.15) is 5.82 Å². The van der Waals surface area contributed by atoms with Crippen LogP contribution >= 0.6 is 27.5 Å². The van der Waals surface area contributed by atoms with Crippen LogP contribution < -0.4 is 0 Å². The zero-order valence-electron chi connectivity index (χ0n) is 10.7. The van der Waals surface area contributed by atoms with Gasteiger partial charge in [-0.25, -0.2) is 18.7 Å². The van der Waals surface area contributed by atoms with Crippen LogP contribution in [0.5, 0.6) is 0 Å². The molecule has 1 aromatic carbocycles. The third-order valence-corrected chi connectivity index (χ3v) is 3.58. The van der Waals surface area contributed by atoms with Crippen LogP contribution in [0.25, 0.3) is 16.9 Å². The Kier molecular flexibility index (Phi) is 3.91. The molecule has 0 aliphatic carbocycles. The van der Waals surface area contributed by atoms with E-state index in [0.717, 1.165) is 10.5 Å². The third-order valence-electron chi connectivity index (χ3n) is 2.96. The number of rotatable bonds is 3. The number of halogens is 4. The van der Waals surface area contributed by atoms with Crippen LogP contribution in [-0.2, 0) is 6.42 Å². The Morgan fingerprint density at radius 2 is 1.86 bits per heavy atom. The average molecular weight is 373 g/mol. The molecular formula is C14H9BrClF2N3. The van der Waals surface area contributed by atoms with Gasteiger partial charge in [-0.15, -0.1) is 11.6 Å². The van der Waals surface area contributed by atoms with Crippen molar-refractivity contribution in [3.8, 4) is 5.69 Å². The lowest BCUT2D eigenvalue weighted by molar-refractivity contribution is 0.581. The molecule has 2 heterocycles.